The Morgan fingerprint density at radius 3 is 3.05 bits per heavy atom. The molecular formula is C14H23N3O2. The summed E-state index contributed by atoms with van der Waals surface area (Å²) < 4.78 is 11.0. The van der Waals surface area contributed by atoms with Crippen LogP contribution in [0.2, 0.25) is 0 Å². The molecule has 106 valence electrons. The summed E-state index contributed by atoms with van der Waals surface area (Å²) in [6, 6.07) is 3.79. The van der Waals surface area contributed by atoms with Gasteiger partial charge in [-0.1, -0.05) is 6.92 Å². The average Bonchev–Trinajstić information content (AvgIpc) is 2.46. The molecule has 19 heavy (non-hydrogen) atoms. The van der Waals surface area contributed by atoms with Gasteiger partial charge in [-0.2, -0.15) is 4.98 Å². The summed E-state index contributed by atoms with van der Waals surface area (Å²) in [4.78, 5) is 6.69. The van der Waals surface area contributed by atoms with Gasteiger partial charge in [0.1, 0.15) is 5.82 Å². The van der Waals surface area contributed by atoms with Gasteiger partial charge in [-0.05, 0) is 31.4 Å². The first kappa shape index (κ1) is 13.9. The first-order valence-corrected chi connectivity index (χ1v) is 6.91. The molecule has 1 fully saturated rings. The van der Waals surface area contributed by atoms with Crippen molar-refractivity contribution >= 4 is 11.5 Å². The van der Waals surface area contributed by atoms with E-state index in [0.29, 0.717) is 17.7 Å². The fourth-order valence-electron chi connectivity index (χ4n) is 2.35. The van der Waals surface area contributed by atoms with E-state index in [9.17, 15) is 0 Å². The third kappa shape index (κ3) is 3.50. The van der Waals surface area contributed by atoms with Gasteiger partial charge in [-0.3, -0.25) is 0 Å². The molecule has 2 rings (SSSR count). The molecule has 1 aliphatic rings. The van der Waals surface area contributed by atoms with Gasteiger partial charge in [0.2, 0.25) is 5.88 Å². The molecule has 1 aliphatic heterocycles. The van der Waals surface area contributed by atoms with Crippen LogP contribution in [-0.2, 0) is 4.74 Å². The molecule has 1 saturated heterocycles. The van der Waals surface area contributed by atoms with Crippen LogP contribution in [0, 0.1) is 0 Å². The smallest absolute Gasteiger partial charge is 0.238 e. The van der Waals surface area contributed by atoms with E-state index >= 15 is 0 Å². The number of piperidine rings is 1. The Morgan fingerprint density at radius 2 is 2.32 bits per heavy atom. The highest BCUT2D eigenvalue weighted by Gasteiger charge is 2.21. The number of nitrogens with zero attached hydrogens (tertiary/aromatic N) is 2. The number of methoxy groups -OCH3 is 1. The molecule has 1 unspecified atom stereocenters. The van der Waals surface area contributed by atoms with Crippen LogP contribution >= 0.6 is 0 Å². The van der Waals surface area contributed by atoms with E-state index in [1.807, 2.05) is 12.1 Å². The number of nitrogens with two attached hydrogens (primary N) is 1. The number of hydrogen-bond donors (Lipinski definition) is 1. The minimum Gasteiger partial charge on any atom is -0.479 e. The maximum atomic E-state index is 5.84. The van der Waals surface area contributed by atoms with E-state index in [1.165, 1.54) is 0 Å². The Labute approximate surface area is 114 Å². The Hall–Kier alpha value is -1.49. The van der Waals surface area contributed by atoms with Crippen molar-refractivity contribution in [1.82, 2.24) is 4.98 Å². The van der Waals surface area contributed by atoms with Crippen molar-refractivity contribution in [2.75, 3.05) is 37.4 Å². The molecule has 0 spiro atoms. The lowest BCUT2D eigenvalue weighted by atomic mass is 10.1. The average molecular weight is 265 g/mol. The van der Waals surface area contributed by atoms with Gasteiger partial charge in [0.25, 0.3) is 0 Å². The van der Waals surface area contributed by atoms with Crippen LogP contribution in [0.4, 0.5) is 11.5 Å². The number of anilines is 2. The standard InChI is InChI=1S/C14H23N3O2/c1-3-9-19-11-5-4-8-17(10-11)13-7-6-12(15)14(16-13)18-2/h6-7,11H,3-5,8-10,15H2,1-2H3. The van der Waals surface area contributed by atoms with Crippen molar-refractivity contribution in [3.05, 3.63) is 12.1 Å². The highest BCUT2D eigenvalue weighted by Crippen LogP contribution is 2.25. The van der Waals surface area contributed by atoms with E-state index in [4.69, 9.17) is 15.2 Å². The minimum atomic E-state index is 0.305. The zero-order valence-corrected chi connectivity index (χ0v) is 11.8. The predicted molar refractivity (Wildman–Crippen MR) is 76.7 cm³/mol. The first-order chi connectivity index (χ1) is 9.24. The fraction of sp³-hybridized carbons (Fsp3) is 0.643. The predicted octanol–water partition coefficient (Wildman–Crippen LogP) is 2.07. The second-order valence-electron chi connectivity index (χ2n) is 4.85. The van der Waals surface area contributed by atoms with Gasteiger partial charge < -0.3 is 20.1 Å². The second-order valence-corrected chi connectivity index (χ2v) is 4.85. The molecule has 2 heterocycles. The molecule has 1 atom stereocenters. The molecular weight excluding hydrogens is 242 g/mol. The van der Waals surface area contributed by atoms with Crippen LogP contribution in [0.3, 0.4) is 0 Å². The lowest BCUT2D eigenvalue weighted by Crippen LogP contribution is -2.40. The Balaban J connectivity index is 2.04. The number of ether oxygens (including phenoxy) is 2. The molecule has 5 nitrogen and oxygen atoms in total. The normalized spacial score (nSPS) is 19.5. The van der Waals surface area contributed by atoms with E-state index in [2.05, 4.69) is 16.8 Å². The van der Waals surface area contributed by atoms with Crippen LogP contribution in [0.15, 0.2) is 12.1 Å². The van der Waals surface area contributed by atoms with Crippen LogP contribution in [0.1, 0.15) is 26.2 Å². The van der Waals surface area contributed by atoms with Crippen molar-refractivity contribution in [1.29, 1.82) is 0 Å². The summed E-state index contributed by atoms with van der Waals surface area (Å²) in [5.41, 5.74) is 6.36. The molecule has 0 radical (unpaired) electrons. The van der Waals surface area contributed by atoms with Gasteiger partial charge >= 0.3 is 0 Å². The van der Waals surface area contributed by atoms with E-state index in [1.54, 1.807) is 7.11 Å². The highest BCUT2D eigenvalue weighted by molar-refractivity contribution is 5.54. The zero-order chi connectivity index (χ0) is 13.7. The molecule has 2 N–H and O–H groups in total. The Morgan fingerprint density at radius 1 is 1.47 bits per heavy atom. The van der Waals surface area contributed by atoms with Gasteiger partial charge in [0.15, 0.2) is 0 Å². The van der Waals surface area contributed by atoms with Crippen molar-refractivity contribution in [3.8, 4) is 5.88 Å². The van der Waals surface area contributed by atoms with E-state index < -0.39 is 0 Å². The summed E-state index contributed by atoms with van der Waals surface area (Å²) in [6.45, 7) is 4.86. The van der Waals surface area contributed by atoms with E-state index in [0.717, 1.165) is 44.8 Å². The Bertz CT molecular complexity index is 412. The third-order valence-electron chi connectivity index (χ3n) is 3.33. The molecule has 1 aromatic heterocycles. The van der Waals surface area contributed by atoms with Gasteiger partial charge in [-0.25, -0.2) is 0 Å². The Kier molecular flexibility index (Phi) is 4.85. The molecule has 0 aromatic carbocycles. The summed E-state index contributed by atoms with van der Waals surface area (Å²) in [5.74, 6) is 1.41. The summed E-state index contributed by atoms with van der Waals surface area (Å²) in [6.07, 6.45) is 3.62. The summed E-state index contributed by atoms with van der Waals surface area (Å²) in [5, 5.41) is 0. The monoisotopic (exact) mass is 265 g/mol. The minimum absolute atomic E-state index is 0.305. The summed E-state index contributed by atoms with van der Waals surface area (Å²) >= 11 is 0. The van der Waals surface area contributed by atoms with Crippen molar-refractivity contribution in [2.24, 2.45) is 0 Å². The highest BCUT2D eigenvalue weighted by atomic mass is 16.5. The summed E-state index contributed by atoms with van der Waals surface area (Å²) in [7, 11) is 1.59. The lowest BCUT2D eigenvalue weighted by Gasteiger charge is -2.33. The molecule has 0 aliphatic carbocycles. The number of rotatable bonds is 5. The first-order valence-electron chi connectivity index (χ1n) is 6.91. The molecule has 0 amide bonds. The van der Waals surface area contributed by atoms with Crippen molar-refractivity contribution < 1.29 is 9.47 Å². The van der Waals surface area contributed by atoms with Crippen LogP contribution in [0.5, 0.6) is 5.88 Å². The largest absolute Gasteiger partial charge is 0.479 e. The maximum absolute atomic E-state index is 5.84. The number of nitrogen functional groups attached to an aromatic ring is 1. The molecule has 0 saturated carbocycles. The third-order valence-corrected chi connectivity index (χ3v) is 3.33. The van der Waals surface area contributed by atoms with Gasteiger partial charge in [0.05, 0.1) is 18.9 Å². The second kappa shape index (κ2) is 6.61. The van der Waals surface area contributed by atoms with Crippen LogP contribution < -0.4 is 15.4 Å². The van der Waals surface area contributed by atoms with Gasteiger partial charge in [0, 0.05) is 19.7 Å². The molecule has 5 heteroatoms. The zero-order valence-electron chi connectivity index (χ0n) is 11.8. The maximum Gasteiger partial charge on any atom is 0.238 e. The molecule has 0 bridgehead atoms. The molecule has 1 aromatic rings. The van der Waals surface area contributed by atoms with E-state index in [-0.39, 0.29) is 0 Å². The fourth-order valence-corrected chi connectivity index (χ4v) is 2.35. The number of pyridine rings is 1. The number of hydrogen-bond acceptors (Lipinski definition) is 5. The topological polar surface area (TPSA) is 60.6 Å². The lowest BCUT2D eigenvalue weighted by molar-refractivity contribution is 0.0439. The quantitative estimate of drug-likeness (QED) is 0.883. The van der Waals surface area contributed by atoms with Crippen LogP contribution in [0.25, 0.3) is 0 Å². The van der Waals surface area contributed by atoms with Crippen molar-refractivity contribution in [2.45, 2.75) is 32.3 Å². The van der Waals surface area contributed by atoms with Crippen molar-refractivity contribution in [3.63, 3.8) is 0 Å². The van der Waals surface area contributed by atoms with Crippen LogP contribution in [-0.4, -0.2) is 37.9 Å². The number of aromatic nitrogens is 1. The SMILES string of the molecule is CCCOC1CCCN(c2ccc(N)c(OC)n2)C1. The van der Waals surface area contributed by atoms with Gasteiger partial charge in [-0.15, -0.1) is 0 Å².